The zero-order valence-electron chi connectivity index (χ0n) is 10.7. The summed E-state index contributed by atoms with van der Waals surface area (Å²) in [5, 5.41) is 0. The first-order valence-electron chi connectivity index (χ1n) is 5.96. The van der Waals surface area contributed by atoms with E-state index in [-0.39, 0.29) is 11.9 Å². The molecule has 5 nitrogen and oxygen atoms in total. The van der Waals surface area contributed by atoms with E-state index in [4.69, 9.17) is 15.2 Å². The zero-order chi connectivity index (χ0) is 13.1. The van der Waals surface area contributed by atoms with Gasteiger partial charge in [0.25, 0.3) is 5.91 Å². The molecule has 1 fully saturated rings. The van der Waals surface area contributed by atoms with Gasteiger partial charge in [-0.3, -0.25) is 4.79 Å². The molecule has 1 unspecified atom stereocenters. The van der Waals surface area contributed by atoms with Crippen LogP contribution in [0.4, 0.5) is 5.69 Å². The van der Waals surface area contributed by atoms with Crippen LogP contribution in [-0.4, -0.2) is 43.7 Å². The van der Waals surface area contributed by atoms with Crippen molar-refractivity contribution < 1.29 is 14.3 Å². The normalized spacial score (nSPS) is 19.7. The molecular weight excluding hydrogens is 232 g/mol. The summed E-state index contributed by atoms with van der Waals surface area (Å²) in [5.41, 5.74) is 6.80. The quantitative estimate of drug-likeness (QED) is 0.799. The molecule has 98 valence electrons. The number of morpholine rings is 1. The van der Waals surface area contributed by atoms with Crippen LogP contribution in [0.25, 0.3) is 0 Å². The predicted molar refractivity (Wildman–Crippen MR) is 68.7 cm³/mol. The summed E-state index contributed by atoms with van der Waals surface area (Å²) >= 11 is 0. The maximum atomic E-state index is 12.5. The number of ether oxygens (including phenoxy) is 2. The van der Waals surface area contributed by atoms with Crippen molar-refractivity contribution >= 4 is 11.6 Å². The Balaban J connectivity index is 2.30. The van der Waals surface area contributed by atoms with Crippen LogP contribution in [0.5, 0.6) is 5.75 Å². The third kappa shape index (κ3) is 2.26. The summed E-state index contributed by atoms with van der Waals surface area (Å²) in [6.45, 7) is 3.70. The molecular formula is C13H18N2O3. The Hall–Kier alpha value is -1.75. The number of rotatable bonds is 2. The molecule has 1 saturated heterocycles. The lowest BCUT2D eigenvalue weighted by atomic mass is 10.1. The van der Waals surface area contributed by atoms with E-state index < -0.39 is 0 Å². The van der Waals surface area contributed by atoms with Crippen LogP contribution in [0, 0.1) is 0 Å². The number of anilines is 1. The molecule has 1 heterocycles. The van der Waals surface area contributed by atoms with Gasteiger partial charge in [0.1, 0.15) is 0 Å². The molecule has 2 rings (SSSR count). The van der Waals surface area contributed by atoms with Gasteiger partial charge < -0.3 is 20.1 Å². The average molecular weight is 250 g/mol. The molecule has 0 aliphatic carbocycles. The Kier molecular flexibility index (Phi) is 3.72. The molecule has 1 aromatic rings. The highest BCUT2D eigenvalue weighted by atomic mass is 16.5. The van der Waals surface area contributed by atoms with Gasteiger partial charge in [-0.2, -0.15) is 0 Å². The van der Waals surface area contributed by atoms with Gasteiger partial charge in [0.2, 0.25) is 0 Å². The first kappa shape index (κ1) is 12.7. The highest BCUT2D eigenvalue weighted by molar-refractivity contribution is 5.98. The maximum Gasteiger partial charge on any atom is 0.258 e. The van der Waals surface area contributed by atoms with Gasteiger partial charge in [0.15, 0.2) is 5.75 Å². The predicted octanol–water partition coefficient (Wildman–Crippen LogP) is 1.14. The van der Waals surface area contributed by atoms with Gasteiger partial charge in [-0.25, -0.2) is 0 Å². The molecule has 1 aromatic carbocycles. The number of hydrogen-bond acceptors (Lipinski definition) is 4. The first-order valence-corrected chi connectivity index (χ1v) is 5.96. The zero-order valence-corrected chi connectivity index (χ0v) is 10.7. The second-order valence-electron chi connectivity index (χ2n) is 4.35. The Morgan fingerprint density at radius 3 is 3.00 bits per heavy atom. The van der Waals surface area contributed by atoms with Gasteiger partial charge in [-0.1, -0.05) is 6.07 Å². The highest BCUT2D eigenvalue weighted by Crippen LogP contribution is 2.27. The molecule has 1 amide bonds. The van der Waals surface area contributed by atoms with E-state index in [0.29, 0.717) is 36.8 Å². The highest BCUT2D eigenvalue weighted by Gasteiger charge is 2.27. The van der Waals surface area contributed by atoms with E-state index in [1.165, 1.54) is 7.11 Å². The lowest BCUT2D eigenvalue weighted by molar-refractivity contribution is 0.00345. The summed E-state index contributed by atoms with van der Waals surface area (Å²) in [6.07, 6.45) is 0. The summed E-state index contributed by atoms with van der Waals surface area (Å²) in [6, 6.07) is 5.28. The van der Waals surface area contributed by atoms with Crippen LogP contribution in [0.15, 0.2) is 18.2 Å². The minimum atomic E-state index is -0.0602. The Morgan fingerprint density at radius 1 is 1.56 bits per heavy atom. The summed E-state index contributed by atoms with van der Waals surface area (Å²) in [5.74, 6) is 0.385. The van der Waals surface area contributed by atoms with Crippen LogP contribution in [0.3, 0.4) is 0 Å². The molecule has 5 heteroatoms. The first-order chi connectivity index (χ1) is 8.65. The molecule has 0 bridgehead atoms. The number of para-hydroxylation sites is 1. The van der Waals surface area contributed by atoms with Crippen LogP contribution < -0.4 is 10.5 Å². The fourth-order valence-corrected chi connectivity index (χ4v) is 2.13. The van der Waals surface area contributed by atoms with Gasteiger partial charge in [0.05, 0.1) is 37.6 Å². The van der Waals surface area contributed by atoms with E-state index in [1.54, 1.807) is 23.1 Å². The number of nitrogens with two attached hydrogens (primary N) is 1. The third-order valence-electron chi connectivity index (χ3n) is 3.11. The standard InChI is InChI=1S/C13H18N2O3/c1-9-8-18-7-6-15(9)13(16)10-4-3-5-11(14)12(10)17-2/h3-5,9H,6-8,14H2,1-2H3. The number of hydrogen-bond donors (Lipinski definition) is 1. The number of amides is 1. The molecule has 1 aliphatic rings. The third-order valence-corrected chi connectivity index (χ3v) is 3.11. The lowest BCUT2D eigenvalue weighted by Gasteiger charge is -2.33. The maximum absolute atomic E-state index is 12.5. The number of carbonyl (C=O) groups is 1. The van der Waals surface area contributed by atoms with Crippen LogP contribution in [0.1, 0.15) is 17.3 Å². The second kappa shape index (κ2) is 5.27. The van der Waals surface area contributed by atoms with Crippen molar-refractivity contribution in [1.29, 1.82) is 0 Å². The minimum Gasteiger partial charge on any atom is -0.494 e. The number of benzene rings is 1. The van der Waals surface area contributed by atoms with E-state index in [0.717, 1.165) is 0 Å². The molecule has 1 aliphatic heterocycles. The van der Waals surface area contributed by atoms with Crippen LogP contribution in [-0.2, 0) is 4.74 Å². The Bertz CT molecular complexity index is 448. The van der Waals surface area contributed by atoms with Gasteiger partial charge in [-0.15, -0.1) is 0 Å². The fourth-order valence-electron chi connectivity index (χ4n) is 2.13. The van der Waals surface area contributed by atoms with Gasteiger partial charge in [-0.05, 0) is 19.1 Å². The van der Waals surface area contributed by atoms with Crippen LogP contribution in [0.2, 0.25) is 0 Å². The van der Waals surface area contributed by atoms with E-state index in [1.807, 2.05) is 6.92 Å². The summed E-state index contributed by atoms with van der Waals surface area (Å²) in [4.78, 5) is 14.3. The topological polar surface area (TPSA) is 64.8 Å². The Morgan fingerprint density at radius 2 is 2.33 bits per heavy atom. The molecule has 0 radical (unpaired) electrons. The molecule has 18 heavy (non-hydrogen) atoms. The van der Waals surface area contributed by atoms with E-state index in [2.05, 4.69) is 0 Å². The average Bonchev–Trinajstić information content (AvgIpc) is 2.38. The number of methoxy groups -OCH3 is 1. The van der Waals surface area contributed by atoms with Crippen molar-refractivity contribution in [3.8, 4) is 5.75 Å². The fraction of sp³-hybridized carbons (Fsp3) is 0.462. The van der Waals surface area contributed by atoms with Crippen molar-refractivity contribution in [2.24, 2.45) is 0 Å². The number of carbonyl (C=O) groups excluding carboxylic acids is 1. The van der Waals surface area contributed by atoms with Gasteiger partial charge >= 0.3 is 0 Å². The smallest absolute Gasteiger partial charge is 0.258 e. The number of nitrogens with zero attached hydrogens (tertiary/aromatic N) is 1. The lowest BCUT2D eigenvalue weighted by Crippen LogP contribution is -2.47. The second-order valence-corrected chi connectivity index (χ2v) is 4.35. The van der Waals surface area contributed by atoms with Crippen molar-refractivity contribution in [1.82, 2.24) is 4.90 Å². The monoisotopic (exact) mass is 250 g/mol. The van der Waals surface area contributed by atoms with Crippen LogP contribution >= 0.6 is 0 Å². The van der Waals surface area contributed by atoms with Crippen molar-refractivity contribution in [2.75, 3.05) is 32.6 Å². The molecule has 0 aromatic heterocycles. The van der Waals surface area contributed by atoms with Gasteiger partial charge in [0, 0.05) is 6.54 Å². The largest absolute Gasteiger partial charge is 0.494 e. The number of nitrogen functional groups attached to an aromatic ring is 1. The van der Waals surface area contributed by atoms with E-state index >= 15 is 0 Å². The molecule has 2 N–H and O–H groups in total. The van der Waals surface area contributed by atoms with Crippen molar-refractivity contribution in [3.63, 3.8) is 0 Å². The summed E-state index contributed by atoms with van der Waals surface area (Å²) < 4.78 is 10.5. The SMILES string of the molecule is COc1c(N)cccc1C(=O)N1CCOCC1C. The summed E-state index contributed by atoms with van der Waals surface area (Å²) in [7, 11) is 1.52. The van der Waals surface area contributed by atoms with Crippen molar-refractivity contribution in [3.05, 3.63) is 23.8 Å². The Labute approximate surface area is 106 Å². The molecule has 0 saturated carbocycles. The minimum absolute atomic E-state index is 0.0602. The molecule has 0 spiro atoms. The van der Waals surface area contributed by atoms with Crippen molar-refractivity contribution in [2.45, 2.75) is 13.0 Å². The van der Waals surface area contributed by atoms with E-state index in [9.17, 15) is 4.79 Å². The molecule has 1 atom stereocenters.